The molecule has 0 aromatic heterocycles. The Morgan fingerprint density at radius 1 is 0.682 bits per heavy atom. The maximum atomic E-state index is 4.89. The van der Waals surface area contributed by atoms with Crippen molar-refractivity contribution >= 4 is 11.4 Å². The van der Waals surface area contributed by atoms with E-state index in [1.165, 1.54) is 49.9 Å². The SMILES string of the molecule is CC12CCC(C/C1=N\N=C1/CC3CCC1(C)C3(C)C)C2(C)C. The van der Waals surface area contributed by atoms with Crippen LogP contribution in [0.3, 0.4) is 0 Å². The summed E-state index contributed by atoms with van der Waals surface area (Å²) >= 11 is 0. The van der Waals surface area contributed by atoms with Gasteiger partial charge in [-0.3, -0.25) is 0 Å². The van der Waals surface area contributed by atoms with Crippen molar-refractivity contribution in [3.05, 3.63) is 0 Å². The molecule has 0 N–H and O–H groups in total. The van der Waals surface area contributed by atoms with E-state index in [4.69, 9.17) is 10.2 Å². The molecule has 4 aliphatic carbocycles. The van der Waals surface area contributed by atoms with E-state index in [0.717, 1.165) is 11.8 Å². The van der Waals surface area contributed by atoms with Gasteiger partial charge in [-0.15, -0.1) is 0 Å². The van der Waals surface area contributed by atoms with E-state index in [0.29, 0.717) is 10.8 Å². The van der Waals surface area contributed by atoms with Crippen molar-refractivity contribution in [3.63, 3.8) is 0 Å². The molecule has 4 fully saturated rings. The van der Waals surface area contributed by atoms with E-state index < -0.39 is 0 Å². The fourth-order valence-electron chi connectivity index (χ4n) is 6.28. The normalized spacial score (nSPS) is 51.4. The molecule has 22 heavy (non-hydrogen) atoms. The highest BCUT2D eigenvalue weighted by molar-refractivity contribution is 5.97. The molecular formula is C20H32N2. The molecule has 0 aliphatic heterocycles. The zero-order valence-corrected chi connectivity index (χ0v) is 15.3. The third-order valence-corrected chi connectivity index (χ3v) is 9.32. The van der Waals surface area contributed by atoms with Crippen LogP contribution in [0, 0.1) is 33.5 Å². The second-order valence-corrected chi connectivity index (χ2v) is 10.1. The van der Waals surface area contributed by atoms with Gasteiger partial charge in [0.1, 0.15) is 0 Å². The Labute approximate surface area is 135 Å². The molecule has 0 radical (unpaired) electrons. The maximum Gasteiger partial charge on any atom is 0.0473 e. The van der Waals surface area contributed by atoms with Crippen molar-refractivity contribution in [3.8, 4) is 0 Å². The molecule has 4 saturated carbocycles. The molecule has 4 atom stereocenters. The summed E-state index contributed by atoms with van der Waals surface area (Å²) in [5.74, 6) is 1.65. The van der Waals surface area contributed by atoms with Gasteiger partial charge < -0.3 is 0 Å². The van der Waals surface area contributed by atoms with Crippen LogP contribution in [0.2, 0.25) is 0 Å². The Hall–Kier alpha value is -0.660. The average molecular weight is 300 g/mol. The van der Waals surface area contributed by atoms with E-state index in [-0.39, 0.29) is 10.8 Å². The Kier molecular flexibility index (Phi) is 2.74. The van der Waals surface area contributed by atoms with Crippen LogP contribution >= 0.6 is 0 Å². The third kappa shape index (κ3) is 1.48. The molecule has 0 saturated heterocycles. The smallest absolute Gasteiger partial charge is 0.0473 e. The van der Waals surface area contributed by atoms with E-state index in [1.54, 1.807) is 0 Å². The van der Waals surface area contributed by atoms with Crippen LogP contribution in [0.15, 0.2) is 10.2 Å². The topological polar surface area (TPSA) is 24.7 Å². The molecular weight excluding hydrogens is 268 g/mol. The molecule has 0 amide bonds. The lowest BCUT2D eigenvalue weighted by atomic mass is 9.70. The molecule has 4 bridgehead atoms. The lowest BCUT2D eigenvalue weighted by Gasteiger charge is -2.35. The molecule has 2 heteroatoms. The molecule has 4 unspecified atom stereocenters. The number of rotatable bonds is 1. The quantitative estimate of drug-likeness (QED) is 0.573. The van der Waals surface area contributed by atoms with Crippen LogP contribution in [-0.4, -0.2) is 11.4 Å². The fourth-order valence-corrected chi connectivity index (χ4v) is 6.28. The Bertz CT molecular complexity index is 531. The Morgan fingerprint density at radius 2 is 1.05 bits per heavy atom. The zero-order valence-electron chi connectivity index (χ0n) is 15.3. The number of fused-ring (bicyclic) bond motifs is 4. The van der Waals surface area contributed by atoms with Gasteiger partial charge in [0, 0.05) is 22.3 Å². The molecule has 4 rings (SSSR count). The number of hydrogen-bond donors (Lipinski definition) is 0. The first-order chi connectivity index (χ1) is 10.1. The second-order valence-electron chi connectivity index (χ2n) is 10.1. The van der Waals surface area contributed by atoms with Gasteiger partial charge in [0.15, 0.2) is 0 Å². The van der Waals surface area contributed by atoms with Crippen molar-refractivity contribution in [2.24, 2.45) is 43.7 Å². The highest BCUT2D eigenvalue weighted by Crippen LogP contribution is 2.65. The minimum atomic E-state index is 0.287. The average Bonchev–Trinajstić information content (AvgIpc) is 2.95. The molecule has 0 aromatic rings. The van der Waals surface area contributed by atoms with Crippen LogP contribution in [0.4, 0.5) is 0 Å². The maximum absolute atomic E-state index is 4.89. The van der Waals surface area contributed by atoms with Gasteiger partial charge in [-0.2, -0.15) is 10.2 Å². The van der Waals surface area contributed by atoms with Gasteiger partial charge in [0.25, 0.3) is 0 Å². The monoisotopic (exact) mass is 300 g/mol. The van der Waals surface area contributed by atoms with Gasteiger partial charge in [-0.1, -0.05) is 41.5 Å². The lowest BCUT2D eigenvalue weighted by Crippen LogP contribution is -2.33. The van der Waals surface area contributed by atoms with Gasteiger partial charge in [-0.05, 0) is 61.2 Å². The first kappa shape index (κ1) is 14.9. The predicted molar refractivity (Wildman–Crippen MR) is 93.3 cm³/mol. The summed E-state index contributed by atoms with van der Waals surface area (Å²) in [5, 5.41) is 9.78. The number of nitrogens with zero attached hydrogens (tertiary/aromatic N) is 2. The van der Waals surface area contributed by atoms with Crippen LogP contribution in [0.5, 0.6) is 0 Å². The highest BCUT2D eigenvalue weighted by atomic mass is 15.2. The van der Waals surface area contributed by atoms with E-state index in [2.05, 4.69) is 41.5 Å². The summed E-state index contributed by atoms with van der Waals surface area (Å²) in [6.07, 6.45) is 7.74. The summed E-state index contributed by atoms with van der Waals surface area (Å²) in [7, 11) is 0. The first-order valence-corrected chi connectivity index (χ1v) is 9.27. The second kappa shape index (κ2) is 4.05. The fraction of sp³-hybridized carbons (Fsp3) is 0.900. The molecule has 0 spiro atoms. The van der Waals surface area contributed by atoms with E-state index in [1.807, 2.05) is 0 Å². The minimum absolute atomic E-state index is 0.287. The van der Waals surface area contributed by atoms with Gasteiger partial charge in [0.2, 0.25) is 0 Å². The van der Waals surface area contributed by atoms with Gasteiger partial charge in [-0.25, -0.2) is 0 Å². The first-order valence-electron chi connectivity index (χ1n) is 9.27. The van der Waals surface area contributed by atoms with Crippen molar-refractivity contribution in [2.75, 3.05) is 0 Å². The standard InChI is InChI=1S/C20H32N2/c1-17(2)13-7-9-19(17,5)15(11-13)21-22-16-12-14-8-10-20(16,6)18(14,3)4/h13-14H,7-12H2,1-6H3/b21-15+,22-16+. The van der Waals surface area contributed by atoms with Gasteiger partial charge >= 0.3 is 0 Å². The van der Waals surface area contributed by atoms with Crippen LogP contribution in [-0.2, 0) is 0 Å². The summed E-state index contributed by atoms with van der Waals surface area (Å²) in [6, 6.07) is 0. The molecule has 4 aliphatic rings. The molecule has 122 valence electrons. The minimum Gasteiger partial charge on any atom is -0.160 e. The molecule has 2 nitrogen and oxygen atoms in total. The zero-order chi connectivity index (χ0) is 16.0. The summed E-state index contributed by atoms with van der Waals surface area (Å²) in [5.41, 5.74) is 4.18. The molecule has 0 heterocycles. The molecule has 0 aromatic carbocycles. The van der Waals surface area contributed by atoms with Crippen molar-refractivity contribution in [2.45, 2.75) is 80.1 Å². The van der Waals surface area contributed by atoms with E-state index >= 15 is 0 Å². The third-order valence-electron chi connectivity index (χ3n) is 9.32. The lowest BCUT2D eigenvalue weighted by molar-refractivity contribution is 0.193. The van der Waals surface area contributed by atoms with Crippen molar-refractivity contribution in [1.82, 2.24) is 0 Å². The Balaban J connectivity index is 1.67. The summed E-state index contributed by atoms with van der Waals surface area (Å²) in [4.78, 5) is 0. The number of hydrogen-bond acceptors (Lipinski definition) is 2. The largest absolute Gasteiger partial charge is 0.160 e. The Morgan fingerprint density at radius 3 is 1.27 bits per heavy atom. The van der Waals surface area contributed by atoms with Crippen LogP contribution in [0.1, 0.15) is 80.1 Å². The summed E-state index contributed by atoms with van der Waals surface area (Å²) < 4.78 is 0. The highest BCUT2D eigenvalue weighted by Gasteiger charge is 2.61. The van der Waals surface area contributed by atoms with Crippen LogP contribution < -0.4 is 0 Å². The summed E-state index contributed by atoms with van der Waals surface area (Å²) in [6.45, 7) is 14.7. The van der Waals surface area contributed by atoms with Crippen molar-refractivity contribution < 1.29 is 0 Å². The van der Waals surface area contributed by atoms with E-state index in [9.17, 15) is 0 Å². The van der Waals surface area contributed by atoms with Gasteiger partial charge in [0.05, 0.1) is 0 Å². The predicted octanol–water partition coefficient (Wildman–Crippen LogP) is 5.48. The van der Waals surface area contributed by atoms with Crippen LogP contribution in [0.25, 0.3) is 0 Å². The van der Waals surface area contributed by atoms with Crippen molar-refractivity contribution in [1.29, 1.82) is 0 Å².